The van der Waals surface area contributed by atoms with E-state index in [9.17, 15) is 15.0 Å². The molecule has 25 heavy (non-hydrogen) atoms. The zero-order chi connectivity index (χ0) is 18.0. The summed E-state index contributed by atoms with van der Waals surface area (Å²) in [6.45, 7) is 0. The number of rotatable bonds is 3. The number of hydrogen-bond donors (Lipinski definition) is 4. The minimum Gasteiger partial charge on any atom is -0.506 e. The Morgan fingerprint density at radius 3 is 2.28 bits per heavy atom. The van der Waals surface area contributed by atoms with Crippen molar-refractivity contribution in [3.63, 3.8) is 0 Å². The van der Waals surface area contributed by atoms with Crippen molar-refractivity contribution in [1.29, 1.82) is 0 Å². The molecule has 3 rings (SSSR count). The number of nitrogens with two attached hydrogens (primary N) is 2. The first-order chi connectivity index (χ1) is 12.0. The molecule has 3 aromatic rings. The number of esters is 1. The molecule has 0 spiro atoms. The van der Waals surface area contributed by atoms with Crippen LogP contribution in [0.1, 0.15) is 10.4 Å². The maximum atomic E-state index is 12.3. The van der Waals surface area contributed by atoms with Crippen LogP contribution in [0.5, 0.6) is 17.2 Å². The van der Waals surface area contributed by atoms with E-state index in [1.807, 2.05) is 0 Å². The Bertz CT molecular complexity index is 940. The van der Waals surface area contributed by atoms with Gasteiger partial charge in [-0.1, -0.05) is 24.3 Å². The molecule has 0 bridgehead atoms. The van der Waals surface area contributed by atoms with Crippen LogP contribution in [-0.2, 0) is 0 Å². The average molecular weight is 336 g/mol. The Morgan fingerprint density at radius 1 is 0.880 bits per heavy atom. The van der Waals surface area contributed by atoms with E-state index in [0.29, 0.717) is 16.7 Å². The molecule has 0 radical (unpaired) electrons. The molecule has 6 heteroatoms. The number of aromatic hydroxyl groups is 2. The lowest BCUT2D eigenvalue weighted by molar-refractivity contribution is 0.0735. The minimum atomic E-state index is -0.563. The van der Waals surface area contributed by atoms with Gasteiger partial charge in [0.1, 0.15) is 17.2 Å². The quantitative estimate of drug-likeness (QED) is 0.252. The second-order valence-corrected chi connectivity index (χ2v) is 5.40. The molecule has 6 nitrogen and oxygen atoms in total. The number of carbonyl (C=O) groups excluding carboxylic acids is 1. The number of carbonyl (C=O) groups is 1. The molecular formula is C19H16N2O4. The summed E-state index contributed by atoms with van der Waals surface area (Å²) in [6.07, 6.45) is 0. The minimum absolute atomic E-state index is 0.0301. The maximum Gasteiger partial charge on any atom is 0.343 e. The second kappa shape index (κ2) is 6.45. The second-order valence-electron chi connectivity index (χ2n) is 5.40. The number of anilines is 2. The third-order valence-electron chi connectivity index (χ3n) is 3.72. The summed E-state index contributed by atoms with van der Waals surface area (Å²) in [5.74, 6) is -0.702. The fourth-order valence-corrected chi connectivity index (χ4v) is 2.40. The standard InChI is InChI=1S/C19H16N2O4/c20-13-7-6-12(10-15(13)23)17-16(9-8-14(22)18(17)21)25-19(24)11-4-2-1-3-5-11/h1-10,22-23H,20-21H2. The summed E-state index contributed by atoms with van der Waals surface area (Å²) in [4.78, 5) is 12.3. The van der Waals surface area contributed by atoms with Crippen LogP contribution in [0.15, 0.2) is 60.7 Å². The van der Waals surface area contributed by atoms with Crippen molar-refractivity contribution in [2.45, 2.75) is 0 Å². The number of phenolic OH excluding ortho intramolecular Hbond substituents is 2. The van der Waals surface area contributed by atoms with E-state index in [0.717, 1.165) is 0 Å². The van der Waals surface area contributed by atoms with Gasteiger partial charge < -0.3 is 26.4 Å². The van der Waals surface area contributed by atoms with E-state index >= 15 is 0 Å². The molecule has 0 aliphatic heterocycles. The monoisotopic (exact) mass is 336 g/mol. The molecule has 0 saturated carbocycles. The van der Waals surface area contributed by atoms with E-state index in [4.69, 9.17) is 16.2 Å². The van der Waals surface area contributed by atoms with Gasteiger partial charge in [0, 0.05) is 0 Å². The van der Waals surface area contributed by atoms with Crippen LogP contribution >= 0.6 is 0 Å². The van der Waals surface area contributed by atoms with Crippen molar-refractivity contribution < 1.29 is 19.7 Å². The summed E-state index contributed by atoms with van der Waals surface area (Å²) >= 11 is 0. The van der Waals surface area contributed by atoms with Crippen molar-refractivity contribution >= 4 is 17.3 Å². The molecule has 126 valence electrons. The van der Waals surface area contributed by atoms with Gasteiger partial charge in [-0.05, 0) is 42.0 Å². The lowest BCUT2D eigenvalue weighted by atomic mass is 10.0. The van der Waals surface area contributed by atoms with Gasteiger partial charge in [0.15, 0.2) is 0 Å². The van der Waals surface area contributed by atoms with Crippen LogP contribution in [0, 0.1) is 0 Å². The van der Waals surface area contributed by atoms with E-state index in [1.54, 1.807) is 36.4 Å². The predicted molar refractivity (Wildman–Crippen MR) is 95.4 cm³/mol. The number of benzene rings is 3. The summed E-state index contributed by atoms with van der Waals surface area (Å²) in [6, 6.07) is 15.8. The highest BCUT2D eigenvalue weighted by molar-refractivity contribution is 5.94. The van der Waals surface area contributed by atoms with Crippen molar-refractivity contribution in [2.24, 2.45) is 0 Å². The molecule has 0 unspecified atom stereocenters. The topological polar surface area (TPSA) is 119 Å². The SMILES string of the molecule is Nc1ccc(-c2c(OC(=O)c3ccccc3)ccc(O)c2N)cc1O. The van der Waals surface area contributed by atoms with Gasteiger partial charge in [-0.3, -0.25) is 0 Å². The Balaban J connectivity index is 2.07. The first-order valence-corrected chi connectivity index (χ1v) is 7.45. The number of nitrogen functional groups attached to an aromatic ring is 2. The average Bonchev–Trinajstić information content (AvgIpc) is 2.62. The lowest BCUT2D eigenvalue weighted by Crippen LogP contribution is -2.09. The summed E-state index contributed by atoms with van der Waals surface area (Å²) < 4.78 is 5.45. The molecule has 6 N–H and O–H groups in total. The fourth-order valence-electron chi connectivity index (χ4n) is 2.40. The summed E-state index contributed by atoms with van der Waals surface area (Å²) in [5, 5.41) is 19.7. The molecule has 0 heterocycles. The van der Waals surface area contributed by atoms with Crippen LogP contribution in [-0.4, -0.2) is 16.2 Å². The first kappa shape index (κ1) is 16.2. The van der Waals surface area contributed by atoms with E-state index in [2.05, 4.69) is 0 Å². The third kappa shape index (κ3) is 3.18. The normalized spacial score (nSPS) is 10.4. The zero-order valence-electron chi connectivity index (χ0n) is 13.1. The molecule has 0 saturated heterocycles. The van der Waals surface area contributed by atoms with Gasteiger partial charge in [-0.25, -0.2) is 4.79 Å². The number of phenols is 2. The van der Waals surface area contributed by atoms with Crippen molar-refractivity contribution in [3.8, 4) is 28.4 Å². The Morgan fingerprint density at radius 2 is 1.60 bits per heavy atom. The molecule has 3 aromatic carbocycles. The molecule has 0 aliphatic carbocycles. The largest absolute Gasteiger partial charge is 0.506 e. The van der Waals surface area contributed by atoms with Crippen LogP contribution in [0.2, 0.25) is 0 Å². The smallest absolute Gasteiger partial charge is 0.343 e. The Hall–Kier alpha value is -3.67. The van der Waals surface area contributed by atoms with E-state index < -0.39 is 5.97 Å². The van der Waals surface area contributed by atoms with Crippen molar-refractivity contribution in [1.82, 2.24) is 0 Å². The molecule has 0 aromatic heterocycles. The van der Waals surface area contributed by atoms with Gasteiger partial charge in [0.25, 0.3) is 0 Å². The van der Waals surface area contributed by atoms with Crippen LogP contribution in [0.25, 0.3) is 11.1 Å². The summed E-state index contributed by atoms with van der Waals surface area (Å²) in [7, 11) is 0. The van der Waals surface area contributed by atoms with Crippen molar-refractivity contribution in [3.05, 3.63) is 66.2 Å². The van der Waals surface area contributed by atoms with Gasteiger partial charge in [-0.15, -0.1) is 0 Å². The number of hydrogen-bond acceptors (Lipinski definition) is 6. The highest BCUT2D eigenvalue weighted by atomic mass is 16.5. The van der Waals surface area contributed by atoms with Crippen LogP contribution in [0.3, 0.4) is 0 Å². The first-order valence-electron chi connectivity index (χ1n) is 7.45. The molecule has 0 aliphatic rings. The zero-order valence-corrected chi connectivity index (χ0v) is 13.1. The molecule has 0 fully saturated rings. The van der Waals surface area contributed by atoms with E-state index in [1.165, 1.54) is 24.3 Å². The van der Waals surface area contributed by atoms with Gasteiger partial charge in [-0.2, -0.15) is 0 Å². The molecular weight excluding hydrogens is 320 g/mol. The number of ether oxygens (including phenoxy) is 1. The predicted octanol–water partition coefficient (Wildman–Crippen LogP) is 3.15. The van der Waals surface area contributed by atoms with Crippen LogP contribution in [0.4, 0.5) is 11.4 Å². The maximum absolute atomic E-state index is 12.3. The van der Waals surface area contributed by atoms with Crippen molar-refractivity contribution in [2.75, 3.05) is 11.5 Å². The van der Waals surface area contributed by atoms with E-state index in [-0.39, 0.29) is 28.6 Å². The highest BCUT2D eigenvalue weighted by Crippen LogP contribution is 2.42. The molecule has 0 atom stereocenters. The Labute approximate surface area is 143 Å². The third-order valence-corrected chi connectivity index (χ3v) is 3.72. The fraction of sp³-hybridized carbons (Fsp3) is 0. The van der Waals surface area contributed by atoms with Gasteiger partial charge >= 0.3 is 5.97 Å². The summed E-state index contributed by atoms with van der Waals surface area (Å²) in [5.41, 5.74) is 12.9. The Kier molecular flexibility index (Phi) is 4.18. The molecule has 0 amide bonds. The van der Waals surface area contributed by atoms with Gasteiger partial charge in [0.2, 0.25) is 0 Å². The van der Waals surface area contributed by atoms with Gasteiger partial charge in [0.05, 0.1) is 22.5 Å². The lowest BCUT2D eigenvalue weighted by Gasteiger charge is -2.14. The van der Waals surface area contributed by atoms with Crippen LogP contribution < -0.4 is 16.2 Å². The highest BCUT2D eigenvalue weighted by Gasteiger charge is 2.18.